The van der Waals surface area contributed by atoms with Crippen LogP contribution in [0.25, 0.3) is 0 Å². The van der Waals surface area contributed by atoms with Crippen LogP contribution in [0.2, 0.25) is 0 Å². The Morgan fingerprint density at radius 2 is 2.07 bits per heavy atom. The minimum atomic E-state index is -0.218. The Kier molecular flexibility index (Phi) is 7.42. The number of carbonyl (C=O) groups excluding carboxylic acids is 1. The number of amides is 1. The molecule has 30 heavy (non-hydrogen) atoms. The first-order chi connectivity index (χ1) is 14.4. The SMILES string of the molecule is CCC(C)N(C)c1nc(CC(=O)Nc2ccon2)nc(C)sc2c(c1C)CCCC2. The van der Waals surface area contributed by atoms with Gasteiger partial charge in [0.05, 0.1) is 11.4 Å². The van der Waals surface area contributed by atoms with Gasteiger partial charge in [-0.25, -0.2) is 9.97 Å². The minimum Gasteiger partial charge on any atom is -0.363 e. The highest BCUT2D eigenvalue weighted by Gasteiger charge is 2.19. The summed E-state index contributed by atoms with van der Waals surface area (Å²) < 4.78 is 4.79. The largest absolute Gasteiger partial charge is 0.363 e. The maximum Gasteiger partial charge on any atom is 0.233 e. The van der Waals surface area contributed by atoms with Gasteiger partial charge in [-0.15, -0.1) is 11.3 Å². The first-order valence-electron chi connectivity index (χ1n) is 10.6. The molecule has 8 heteroatoms. The van der Waals surface area contributed by atoms with Crippen LogP contribution in [0.5, 0.6) is 0 Å². The number of hydrogen-bond donors (Lipinski definition) is 1. The fourth-order valence-electron chi connectivity index (χ4n) is 3.65. The topological polar surface area (TPSA) is 84.2 Å². The van der Waals surface area contributed by atoms with E-state index in [1.807, 2.05) is 6.92 Å². The molecule has 2 heterocycles. The highest BCUT2D eigenvalue weighted by Crippen LogP contribution is 2.30. The fourth-order valence-corrected chi connectivity index (χ4v) is 4.78. The van der Waals surface area contributed by atoms with E-state index in [9.17, 15) is 4.79 Å². The van der Waals surface area contributed by atoms with Gasteiger partial charge in [0.15, 0.2) is 5.82 Å². The van der Waals surface area contributed by atoms with Crippen LogP contribution in [-0.4, -0.2) is 34.1 Å². The average Bonchev–Trinajstić information content (AvgIpc) is 3.23. The Morgan fingerprint density at radius 3 is 2.77 bits per heavy atom. The molecular weight excluding hydrogens is 398 g/mol. The average molecular weight is 430 g/mol. The molecule has 1 N–H and O–H groups in total. The number of nitrogens with zero attached hydrogens (tertiary/aromatic N) is 4. The molecule has 1 amide bonds. The zero-order chi connectivity index (χ0) is 21.7. The van der Waals surface area contributed by atoms with Gasteiger partial charge in [0, 0.05) is 24.0 Å². The fraction of sp³-hybridized carbons (Fsp3) is 0.545. The molecule has 1 aliphatic carbocycles. The van der Waals surface area contributed by atoms with E-state index in [1.54, 1.807) is 17.4 Å². The van der Waals surface area contributed by atoms with Gasteiger partial charge in [0.25, 0.3) is 0 Å². The number of fused-ring (bicyclic) bond motifs is 1. The Morgan fingerprint density at radius 1 is 1.30 bits per heavy atom. The molecule has 0 saturated heterocycles. The van der Waals surface area contributed by atoms with E-state index in [-0.39, 0.29) is 12.3 Å². The van der Waals surface area contributed by atoms with Crippen LogP contribution in [0.4, 0.5) is 11.6 Å². The summed E-state index contributed by atoms with van der Waals surface area (Å²) in [6.45, 7) is 8.52. The van der Waals surface area contributed by atoms with Crippen LogP contribution in [-0.2, 0) is 24.1 Å². The van der Waals surface area contributed by atoms with Crippen LogP contribution in [0.1, 0.15) is 59.9 Å². The van der Waals surface area contributed by atoms with Crippen molar-refractivity contribution in [3.05, 3.63) is 39.2 Å². The highest BCUT2D eigenvalue weighted by atomic mass is 32.1. The third kappa shape index (κ3) is 5.36. The van der Waals surface area contributed by atoms with Crippen molar-refractivity contribution in [3.63, 3.8) is 0 Å². The number of hydrogen-bond acceptors (Lipinski definition) is 7. The summed E-state index contributed by atoms with van der Waals surface area (Å²) in [6, 6.07) is 1.94. The molecule has 0 aromatic carbocycles. The molecule has 7 nitrogen and oxygen atoms in total. The summed E-state index contributed by atoms with van der Waals surface area (Å²) in [5, 5.41) is 7.39. The van der Waals surface area contributed by atoms with E-state index in [0.717, 1.165) is 30.1 Å². The molecule has 0 radical (unpaired) electrons. The zero-order valence-electron chi connectivity index (χ0n) is 18.5. The predicted octanol–water partition coefficient (Wildman–Crippen LogP) is 4.56. The van der Waals surface area contributed by atoms with Gasteiger partial charge in [-0.1, -0.05) is 12.1 Å². The van der Waals surface area contributed by atoms with Gasteiger partial charge in [-0.2, -0.15) is 0 Å². The molecule has 2 aromatic rings. The summed E-state index contributed by atoms with van der Waals surface area (Å²) in [7, 11) is 2.08. The smallest absolute Gasteiger partial charge is 0.233 e. The van der Waals surface area contributed by atoms with Crippen molar-refractivity contribution < 1.29 is 9.32 Å². The van der Waals surface area contributed by atoms with E-state index >= 15 is 0 Å². The first kappa shape index (κ1) is 22.2. The van der Waals surface area contributed by atoms with Crippen molar-refractivity contribution in [2.75, 3.05) is 17.3 Å². The van der Waals surface area contributed by atoms with Gasteiger partial charge in [0.1, 0.15) is 17.9 Å². The van der Waals surface area contributed by atoms with E-state index in [2.05, 4.69) is 43.2 Å². The first-order valence-corrected chi connectivity index (χ1v) is 11.4. The molecule has 0 fully saturated rings. The van der Waals surface area contributed by atoms with Crippen molar-refractivity contribution in [2.45, 2.75) is 72.3 Å². The maximum absolute atomic E-state index is 12.6. The van der Waals surface area contributed by atoms with Gasteiger partial charge in [-0.3, -0.25) is 4.79 Å². The van der Waals surface area contributed by atoms with Crippen molar-refractivity contribution in [1.82, 2.24) is 15.1 Å². The van der Waals surface area contributed by atoms with Crippen LogP contribution in [0, 0.1) is 13.8 Å². The predicted molar refractivity (Wildman–Crippen MR) is 121 cm³/mol. The lowest BCUT2D eigenvalue weighted by atomic mass is 9.95. The molecule has 1 aliphatic rings. The second kappa shape index (κ2) is 10.0. The lowest BCUT2D eigenvalue weighted by Gasteiger charge is -2.27. The quantitative estimate of drug-likeness (QED) is 0.724. The van der Waals surface area contributed by atoms with Gasteiger partial charge < -0.3 is 14.7 Å². The lowest BCUT2D eigenvalue weighted by Crippen LogP contribution is -2.30. The van der Waals surface area contributed by atoms with Crippen LogP contribution >= 0.6 is 11.3 Å². The van der Waals surface area contributed by atoms with E-state index in [0.29, 0.717) is 17.7 Å². The van der Waals surface area contributed by atoms with E-state index in [4.69, 9.17) is 14.5 Å². The van der Waals surface area contributed by atoms with Crippen LogP contribution in [0.3, 0.4) is 0 Å². The minimum absolute atomic E-state index is 0.0700. The Bertz CT molecular complexity index is 938. The van der Waals surface area contributed by atoms with Crippen LogP contribution in [0.15, 0.2) is 16.9 Å². The van der Waals surface area contributed by atoms with Crippen molar-refractivity contribution in [1.29, 1.82) is 0 Å². The maximum atomic E-state index is 12.6. The number of anilines is 2. The summed E-state index contributed by atoms with van der Waals surface area (Å²) in [5.41, 5.74) is 2.59. The number of carbonyl (C=O) groups is 1. The molecular formula is C22H31N5O2S. The third-order valence-electron chi connectivity index (χ3n) is 5.61. The second-order valence-corrected chi connectivity index (χ2v) is 9.08. The second-order valence-electron chi connectivity index (χ2n) is 7.80. The molecule has 1 atom stereocenters. The molecule has 3 rings (SSSR count). The van der Waals surface area contributed by atoms with E-state index < -0.39 is 0 Å². The molecule has 2 aromatic heterocycles. The molecule has 162 valence electrons. The lowest BCUT2D eigenvalue weighted by molar-refractivity contribution is -0.115. The van der Waals surface area contributed by atoms with E-state index in [1.165, 1.54) is 35.1 Å². The van der Waals surface area contributed by atoms with Crippen molar-refractivity contribution in [2.24, 2.45) is 0 Å². The number of rotatable bonds is 6. The van der Waals surface area contributed by atoms with Crippen molar-refractivity contribution >= 4 is 28.9 Å². The summed E-state index contributed by atoms with van der Waals surface area (Å²) in [6.07, 6.45) is 7.05. The highest BCUT2D eigenvalue weighted by molar-refractivity contribution is 7.11. The molecule has 0 saturated carbocycles. The molecule has 0 bridgehead atoms. The summed E-state index contributed by atoms with van der Waals surface area (Å²) in [5.74, 6) is 1.58. The Hall–Kier alpha value is -2.48. The van der Waals surface area contributed by atoms with Crippen LogP contribution < -0.4 is 10.2 Å². The molecule has 1 unspecified atom stereocenters. The summed E-state index contributed by atoms with van der Waals surface area (Å²) >= 11 is 1.72. The Labute approximate surface area is 182 Å². The van der Waals surface area contributed by atoms with Gasteiger partial charge >= 0.3 is 0 Å². The third-order valence-corrected chi connectivity index (χ3v) is 6.69. The van der Waals surface area contributed by atoms with Crippen molar-refractivity contribution in [3.8, 4) is 0 Å². The normalized spacial score (nSPS) is 13.9. The Balaban J connectivity index is 2.10. The zero-order valence-corrected chi connectivity index (χ0v) is 19.3. The number of nitrogens with one attached hydrogen (secondary N) is 1. The van der Waals surface area contributed by atoms with Gasteiger partial charge in [-0.05, 0) is 64.0 Å². The standard InChI is InChI=1S/C22H31N5O2S/c1-6-14(2)27(5)22-15(3)17-9-7-8-10-18(17)30-16(4)23-20(25-22)13-21(28)24-19-11-12-29-26-19/h11-12,14H,6-10,13H2,1-5H3,(H,24,26,28). The molecule has 0 spiro atoms. The van der Waals surface area contributed by atoms with Gasteiger partial charge in [0.2, 0.25) is 5.91 Å². The molecule has 0 aliphatic heterocycles. The summed E-state index contributed by atoms with van der Waals surface area (Å²) in [4.78, 5) is 25.9. The monoisotopic (exact) mass is 429 g/mol. The number of aromatic nitrogens is 3. The number of aryl methyl sites for hydroxylation is 2.